The summed E-state index contributed by atoms with van der Waals surface area (Å²) in [6, 6.07) is 0.798. The molecule has 116 valence electrons. The quantitative estimate of drug-likeness (QED) is 0.840. The Labute approximate surface area is 123 Å². The maximum absolute atomic E-state index is 5.66. The van der Waals surface area contributed by atoms with Crippen molar-refractivity contribution in [3.8, 4) is 0 Å². The Bertz CT molecular complexity index is 309. The third kappa shape index (κ3) is 3.53. The summed E-state index contributed by atoms with van der Waals surface area (Å²) < 4.78 is 5.66. The SMILES string of the molecule is CC1CN(C2CCN(CC3(C)CCNC3)CC2)CCO1. The van der Waals surface area contributed by atoms with Crippen LogP contribution in [0.3, 0.4) is 0 Å². The first-order chi connectivity index (χ1) is 9.65. The highest BCUT2D eigenvalue weighted by atomic mass is 16.5. The summed E-state index contributed by atoms with van der Waals surface area (Å²) in [5.74, 6) is 0. The number of hydrogen-bond donors (Lipinski definition) is 1. The second-order valence-corrected chi connectivity index (χ2v) is 7.42. The monoisotopic (exact) mass is 281 g/mol. The second kappa shape index (κ2) is 6.30. The first-order valence-corrected chi connectivity index (χ1v) is 8.43. The zero-order chi connectivity index (χ0) is 14.0. The summed E-state index contributed by atoms with van der Waals surface area (Å²) in [5.41, 5.74) is 0.514. The molecule has 2 unspecified atom stereocenters. The maximum Gasteiger partial charge on any atom is 0.0674 e. The van der Waals surface area contributed by atoms with Gasteiger partial charge >= 0.3 is 0 Å². The third-order valence-electron chi connectivity index (χ3n) is 5.41. The molecule has 0 bridgehead atoms. The van der Waals surface area contributed by atoms with Crippen LogP contribution in [0.1, 0.15) is 33.1 Å². The fraction of sp³-hybridized carbons (Fsp3) is 1.00. The van der Waals surface area contributed by atoms with Crippen LogP contribution in [0, 0.1) is 5.41 Å². The molecule has 3 fully saturated rings. The molecule has 0 aromatic carbocycles. The molecule has 2 atom stereocenters. The van der Waals surface area contributed by atoms with Crippen molar-refractivity contribution in [1.82, 2.24) is 15.1 Å². The molecular formula is C16H31N3O. The molecule has 1 N–H and O–H groups in total. The van der Waals surface area contributed by atoms with Gasteiger partial charge in [-0.3, -0.25) is 4.90 Å². The first-order valence-electron chi connectivity index (χ1n) is 8.43. The Morgan fingerprint density at radius 2 is 2.05 bits per heavy atom. The van der Waals surface area contributed by atoms with E-state index in [9.17, 15) is 0 Å². The fourth-order valence-corrected chi connectivity index (χ4v) is 4.16. The zero-order valence-electron chi connectivity index (χ0n) is 13.2. The Balaban J connectivity index is 1.44. The number of piperidine rings is 1. The second-order valence-electron chi connectivity index (χ2n) is 7.42. The van der Waals surface area contributed by atoms with E-state index in [-0.39, 0.29) is 0 Å². The van der Waals surface area contributed by atoms with Crippen LogP contribution in [0.15, 0.2) is 0 Å². The summed E-state index contributed by atoms with van der Waals surface area (Å²) >= 11 is 0. The highest BCUT2D eigenvalue weighted by Crippen LogP contribution is 2.28. The van der Waals surface area contributed by atoms with Crippen molar-refractivity contribution in [2.24, 2.45) is 5.41 Å². The normalized spacial score (nSPS) is 38.4. The number of nitrogens with zero attached hydrogens (tertiary/aromatic N) is 2. The lowest BCUT2D eigenvalue weighted by Gasteiger charge is -2.43. The van der Waals surface area contributed by atoms with E-state index in [4.69, 9.17) is 4.74 Å². The van der Waals surface area contributed by atoms with Crippen LogP contribution in [0.5, 0.6) is 0 Å². The van der Waals surface area contributed by atoms with E-state index in [1.165, 1.54) is 52.0 Å². The summed E-state index contributed by atoms with van der Waals surface area (Å²) in [5, 5.41) is 3.52. The molecule has 3 heterocycles. The van der Waals surface area contributed by atoms with Crippen molar-refractivity contribution in [2.75, 3.05) is 52.4 Å². The number of likely N-dealkylation sites (tertiary alicyclic amines) is 1. The van der Waals surface area contributed by atoms with E-state index < -0.39 is 0 Å². The summed E-state index contributed by atoms with van der Waals surface area (Å²) in [7, 11) is 0. The van der Waals surface area contributed by atoms with Gasteiger partial charge in [0.05, 0.1) is 12.7 Å². The van der Waals surface area contributed by atoms with Crippen LogP contribution in [-0.2, 0) is 4.74 Å². The molecule has 3 saturated heterocycles. The Hall–Kier alpha value is -0.160. The topological polar surface area (TPSA) is 27.7 Å². The summed E-state index contributed by atoms with van der Waals surface area (Å²) in [6.45, 7) is 14.1. The molecule has 4 nitrogen and oxygen atoms in total. The lowest BCUT2D eigenvalue weighted by molar-refractivity contribution is -0.0446. The lowest BCUT2D eigenvalue weighted by atomic mass is 9.88. The summed E-state index contributed by atoms with van der Waals surface area (Å²) in [4.78, 5) is 5.37. The molecular weight excluding hydrogens is 250 g/mol. The predicted octanol–water partition coefficient (Wildman–Crippen LogP) is 1.17. The van der Waals surface area contributed by atoms with Crippen LogP contribution in [0.2, 0.25) is 0 Å². The van der Waals surface area contributed by atoms with Gasteiger partial charge in [-0.05, 0) is 51.2 Å². The fourth-order valence-electron chi connectivity index (χ4n) is 4.16. The van der Waals surface area contributed by atoms with E-state index in [2.05, 4.69) is 29.0 Å². The van der Waals surface area contributed by atoms with E-state index in [0.29, 0.717) is 11.5 Å². The van der Waals surface area contributed by atoms with Gasteiger partial charge < -0.3 is 15.0 Å². The van der Waals surface area contributed by atoms with Crippen molar-refractivity contribution in [3.63, 3.8) is 0 Å². The van der Waals surface area contributed by atoms with Crippen LogP contribution in [0.4, 0.5) is 0 Å². The molecule has 0 aliphatic carbocycles. The van der Waals surface area contributed by atoms with E-state index in [0.717, 1.165) is 25.7 Å². The summed E-state index contributed by atoms with van der Waals surface area (Å²) in [6.07, 6.45) is 4.45. The van der Waals surface area contributed by atoms with Gasteiger partial charge in [-0.1, -0.05) is 6.92 Å². The molecule has 0 amide bonds. The van der Waals surface area contributed by atoms with Crippen molar-refractivity contribution in [3.05, 3.63) is 0 Å². The number of hydrogen-bond acceptors (Lipinski definition) is 4. The predicted molar refractivity (Wildman–Crippen MR) is 82.0 cm³/mol. The number of morpholine rings is 1. The largest absolute Gasteiger partial charge is 0.376 e. The van der Waals surface area contributed by atoms with Crippen molar-refractivity contribution >= 4 is 0 Å². The van der Waals surface area contributed by atoms with Gasteiger partial charge in [0, 0.05) is 32.2 Å². The number of nitrogens with one attached hydrogen (secondary N) is 1. The van der Waals surface area contributed by atoms with Gasteiger partial charge in [-0.15, -0.1) is 0 Å². The first kappa shape index (κ1) is 14.8. The van der Waals surface area contributed by atoms with Gasteiger partial charge in [0.15, 0.2) is 0 Å². The van der Waals surface area contributed by atoms with E-state index in [1.54, 1.807) is 0 Å². The molecule has 20 heavy (non-hydrogen) atoms. The molecule has 0 aromatic rings. The van der Waals surface area contributed by atoms with Crippen LogP contribution in [-0.4, -0.2) is 74.4 Å². The van der Waals surface area contributed by atoms with Gasteiger partial charge in [0.1, 0.15) is 0 Å². The average Bonchev–Trinajstić information content (AvgIpc) is 2.86. The molecule has 0 saturated carbocycles. The highest BCUT2D eigenvalue weighted by molar-refractivity contribution is 4.89. The van der Waals surface area contributed by atoms with Crippen molar-refractivity contribution in [2.45, 2.75) is 45.3 Å². The van der Waals surface area contributed by atoms with Gasteiger partial charge in [0.25, 0.3) is 0 Å². The van der Waals surface area contributed by atoms with Gasteiger partial charge in [-0.25, -0.2) is 0 Å². The minimum absolute atomic E-state index is 0.422. The minimum Gasteiger partial charge on any atom is -0.376 e. The Morgan fingerprint density at radius 1 is 1.25 bits per heavy atom. The smallest absolute Gasteiger partial charge is 0.0674 e. The lowest BCUT2D eigenvalue weighted by Crippen LogP contribution is -2.52. The Morgan fingerprint density at radius 3 is 2.70 bits per heavy atom. The van der Waals surface area contributed by atoms with Crippen LogP contribution >= 0.6 is 0 Å². The Kier molecular flexibility index (Phi) is 4.65. The van der Waals surface area contributed by atoms with E-state index >= 15 is 0 Å². The van der Waals surface area contributed by atoms with Crippen LogP contribution < -0.4 is 5.32 Å². The molecule has 0 aromatic heterocycles. The molecule has 3 rings (SSSR count). The molecule has 4 heteroatoms. The maximum atomic E-state index is 5.66. The van der Waals surface area contributed by atoms with E-state index in [1.807, 2.05) is 0 Å². The van der Waals surface area contributed by atoms with Crippen LogP contribution in [0.25, 0.3) is 0 Å². The molecule has 3 aliphatic rings. The average molecular weight is 281 g/mol. The van der Waals surface area contributed by atoms with Crippen molar-refractivity contribution in [1.29, 1.82) is 0 Å². The zero-order valence-corrected chi connectivity index (χ0v) is 13.2. The number of ether oxygens (including phenoxy) is 1. The number of rotatable bonds is 3. The standard InChI is InChI=1S/C16H31N3O/c1-14-11-19(9-10-20-14)15-3-7-18(8-4-15)13-16(2)5-6-17-12-16/h14-15,17H,3-13H2,1-2H3. The molecule has 3 aliphatic heterocycles. The molecule has 0 radical (unpaired) electrons. The minimum atomic E-state index is 0.422. The van der Waals surface area contributed by atoms with Gasteiger partial charge in [-0.2, -0.15) is 0 Å². The third-order valence-corrected chi connectivity index (χ3v) is 5.41. The highest BCUT2D eigenvalue weighted by Gasteiger charge is 2.33. The molecule has 0 spiro atoms. The van der Waals surface area contributed by atoms with Crippen molar-refractivity contribution < 1.29 is 4.74 Å². The van der Waals surface area contributed by atoms with Gasteiger partial charge in [0.2, 0.25) is 0 Å².